The van der Waals surface area contributed by atoms with Crippen LogP contribution in [0.3, 0.4) is 0 Å². The molecule has 0 aromatic heterocycles. The molecule has 0 aliphatic carbocycles. The second-order valence-corrected chi connectivity index (χ2v) is 7.41. The normalized spacial score (nSPS) is 10.9. The Hall–Kier alpha value is -2.34. The third kappa shape index (κ3) is 4.33. The Morgan fingerprint density at radius 2 is 0.926 bits per heavy atom. The Morgan fingerprint density at radius 1 is 0.519 bits per heavy atom. The van der Waals surface area contributed by atoms with Crippen molar-refractivity contribution in [2.75, 3.05) is 0 Å². The van der Waals surface area contributed by atoms with E-state index < -0.39 is 0 Å². The summed E-state index contributed by atoms with van der Waals surface area (Å²) in [4.78, 5) is 0. The molecule has 0 nitrogen and oxygen atoms in total. The Kier molecular flexibility index (Phi) is 6.87. The van der Waals surface area contributed by atoms with Gasteiger partial charge in [0.15, 0.2) is 0 Å². The number of hydrogen-bond donors (Lipinski definition) is 0. The molecule has 140 valence electrons. The number of rotatable bonds is 8. The summed E-state index contributed by atoms with van der Waals surface area (Å²) in [5.41, 5.74) is 10.3. The maximum absolute atomic E-state index is 2.51. The van der Waals surface area contributed by atoms with E-state index in [-0.39, 0.29) is 0 Å². The fraction of sp³-hybridized carbons (Fsp3) is 0.333. The molecule has 0 N–H and O–H groups in total. The van der Waals surface area contributed by atoms with E-state index in [9.17, 15) is 0 Å². The van der Waals surface area contributed by atoms with Crippen LogP contribution in [0, 0.1) is 0 Å². The smallest absolute Gasteiger partial charge is 0.0113 e. The van der Waals surface area contributed by atoms with Crippen molar-refractivity contribution in [3.63, 3.8) is 0 Å². The van der Waals surface area contributed by atoms with E-state index in [1.54, 1.807) is 5.56 Å². The lowest BCUT2D eigenvalue weighted by molar-refractivity contribution is 0.876. The lowest BCUT2D eigenvalue weighted by atomic mass is 9.81. The average molecular weight is 357 g/mol. The molecule has 27 heavy (non-hydrogen) atoms. The van der Waals surface area contributed by atoms with E-state index in [2.05, 4.69) is 87.5 Å². The Morgan fingerprint density at radius 3 is 1.30 bits per heavy atom. The zero-order chi connectivity index (χ0) is 19.1. The summed E-state index contributed by atoms with van der Waals surface area (Å²) in [5, 5.41) is 0. The minimum absolute atomic E-state index is 1.13. The molecule has 0 heteroatoms. The molecule has 0 unspecified atom stereocenters. The topological polar surface area (TPSA) is 0 Å². The van der Waals surface area contributed by atoms with Gasteiger partial charge in [0.1, 0.15) is 0 Å². The predicted octanol–water partition coefficient (Wildman–Crippen LogP) is 7.88. The van der Waals surface area contributed by atoms with Gasteiger partial charge in [0.2, 0.25) is 0 Å². The molecule has 0 bridgehead atoms. The first-order valence-electron chi connectivity index (χ1n) is 10.6. The first-order valence-corrected chi connectivity index (χ1v) is 10.6. The molecule has 0 amide bonds. The van der Waals surface area contributed by atoms with E-state index in [0.29, 0.717) is 0 Å². The van der Waals surface area contributed by atoms with Gasteiger partial charge in [-0.25, -0.2) is 0 Å². The summed E-state index contributed by atoms with van der Waals surface area (Å²) < 4.78 is 0. The molecule has 0 atom stereocenters. The second-order valence-electron chi connectivity index (χ2n) is 7.41. The van der Waals surface area contributed by atoms with Gasteiger partial charge in [-0.15, -0.1) is 0 Å². The molecular formula is C27H32. The standard InChI is InChI=1S/C27H32/c1-4-13-23-20-24(14-5-2)27(22-18-11-8-12-19-22)25(15-6-3)26(23)21-16-9-7-10-17-21/h7-12,16-20H,4-6,13-15H2,1-3H3. The zero-order valence-corrected chi connectivity index (χ0v) is 17.1. The quantitative estimate of drug-likeness (QED) is 0.385. The van der Waals surface area contributed by atoms with Crippen LogP contribution in [-0.2, 0) is 19.3 Å². The molecule has 0 radical (unpaired) electrons. The van der Waals surface area contributed by atoms with Crippen LogP contribution in [0.5, 0.6) is 0 Å². The highest BCUT2D eigenvalue weighted by atomic mass is 14.2. The van der Waals surface area contributed by atoms with Gasteiger partial charge in [-0.1, -0.05) is 107 Å². The number of hydrogen-bond acceptors (Lipinski definition) is 0. The summed E-state index contributed by atoms with van der Waals surface area (Å²) in [6.45, 7) is 6.88. The van der Waals surface area contributed by atoms with E-state index in [1.807, 2.05) is 0 Å². The van der Waals surface area contributed by atoms with Gasteiger partial charge in [0.25, 0.3) is 0 Å². The summed E-state index contributed by atoms with van der Waals surface area (Å²) >= 11 is 0. The van der Waals surface area contributed by atoms with Crippen LogP contribution in [0.15, 0.2) is 66.7 Å². The van der Waals surface area contributed by atoms with E-state index in [4.69, 9.17) is 0 Å². The molecule has 0 heterocycles. The van der Waals surface area contributed by atoms with Gasteiger partial charge >= 0.3 is 0 Å². The number of benzene rings is 3. The molecular weight excluding hydrogens is 324 g/mol. The molecule has 3 aromatic carbocycles. The maximum atomic E-state index is 2.51. The average Bonchev–Trinajstić information content (AvgIpc) is 2.70. The Balaban J connectivity index is 2.36. The van der Waals surface area contributed by atoms with Crippen molar-refractivity contribution >= 4 is 0 Å². The van der Waals surface area contributed by atoms with Gasteiger partial charge < -0.3 is 0 Å². The summed E-state index contributed by atoms with van der Waals surface area (Å²) in [6.07, 6.45) is 6.95. The highest BCUT2D eigenvalue weighted by Crippen LogP contribution is 2.39. The summed E-state index contributed by atoms with van der Waals surface area (Å²) in [5.74, 6) is 0. The maximum Gasteiger partial charge on any atom is -0.0113 e. The number of aryl methyl sites for hydroxylation is 2. The largest absolute Gasteiger partial charge is 0.0651 e. The van der Waals surface area contributed by atoms with Crippen LogP contribution >= 0.6 is 0 Å². The third-order valence-electron chi connectivity index (χ3n) is 5.26. The van der Waals surface area contributed by atoms with Crippen LogP contribution in [-0.4, -0.2) is 0 Å². The first kappa shape index (κ1) is 19.4. The molecule has 3 aromatic rings. The molecule has 0 spiro atoms. The fourth-order valence-electron chi connectivity index (χ4n) is 4.23. The summed E-state index contributed by atoms with van der Waals surface area (Å²) in [6, 6.07) is 24.5. The van der Waals surface area contributed by atoms with Crippen molar-refractivity contribution in [2.24, 2.45) is 0 Å². The van der Waals surface area contributed by atoms with Crippen LogP contribution in [0.4, 0.5) is 0 Å². The van der Waals surface area contributed by atoms with E-state index in [0.717, 1.165) is 19.3 Å². The van der Waals surface area contributed by atoms with Crippen molar-refractivity contribution in [3.05, 3.63) is 83.4 Å². The van der Waals surface area contributed by atoms with E-state index in [1.165, 1.54) is 52.6 Å². The van der Waals surface area contributed by atoms with Crippen LogP contribution in [0.2, 0.25) is 0 Å². The van der Waals surface area contributed by atoms with Gasteiger partial charge in [-0.05, 0) is 58.2 Å². The lowest BCUT2D eigenvalue weighted by Crippen LogP contribution is -2.04. The van der Waals surface area contributed by atoms with Gasteiger partial charge in [0.05, 0.1) is 0 Å². The SMILES string of the molecule is CCCc1cc(CCC)c(-c2ccccc2)c(CCC)c1-c1ccccc1. The van der Waals surface area contributed by atoms with Crippen molar-refractivity contribution in [2.45, 2.75) is 59.3 Å². The fourth-order valence-corrected chi connectivity index (χ4v) is 4.23. The van der Waals surface area contributed by atoms with E-state index >= 15 is 0 Å². The first-order chi connectivity index (χ1) is 13.3. The van der Waals surface area contributed by atoms with Crippen LogP contribution in [0.25, 0.3) is 22.3 Å². The van der Waals surface area contributed by atoms with Crippen molar-refractivity contribution < 1.29 is 0 Å². The monoisotopic (exact) mass is 356 g/mol. The Bertz CT molecular complexity index is 776. The highest BCUT2D eigenvalue weighted by Gasteiger charge is 2.19. The molecule has 0 aliphatic heterocycles. The molecule has 0 saturated carbocycles. The van der Waals surface area contributed by atoms with Crippen molar-refractivity contribution in [1.29, 1.82) is 0 Å². The Labute approximate surface area is 165 Å². The lowest BCUT2D eigenvalue weighted by Gasteiger charge is -2.23. The highest BCUT2D eigenvalue weighted by molar-refractivity contribution is 5.83. The molecule has 0 aliphatic rings. The van der Waals surface area contributed by atoms with Crippen molar-refractivity contribution in [1.82, 2.24) is 0 Å². The third-order valence-corrected chi connectivity index (χ3v) is 5.26. The minimum atomic E-state index is 1.13. The molecule has 0 fully saturated rings. The van der Waals surface area contributed by atoms with Crippen LogP contribution in [0.1, 0.15) is 56.7 Å². The minimum Gasteiger partial charge on any atom is -0.0651 e. The van der Waals surface area contributed by atoms with Crippen LogP contribution < -0.4 is 0 Å². The molecule has 3 rings (SSSR count). The van der Waals surface area contributed by atoms with Gasteiger partial charge in [-0.3, -0.25) is 0 Å². The van der Waals surface area contributed by atoms with Crippen molar-refractivity contribution in [3.8, 4) is 22.3 Å². The predicted molar refractivity (Wildman–Crippen MR) is 119 cm³/mol. The van der Waals surface area contributed by atoms with Gasteiger partial charge in [-0.2, -0.15) is 0 Å². The molecule has 0 saturated heterocycles. The van der Waals surface area contributed by atoms with Gasteiger partial charge in [0, 0.05) is 0 Å². The zero-order valence-electron chi connectivity index (χ0n) is 17.1. The second kappa shape index (κ2) is 9.55. The summed E-state index contributed by atoms with van der Waals surface area (Å²) in [7, 11) is 0.